The van der Waals surface area contributed by atoms with Gasteiger partial charge in [0.2, 0.25) is 5.91 Å². The number of carbonyl (C=O) groups is 2. The van der Waals surface area contributed by atoms with Crippen molar-refractivity contribution in [3.05, 3.63) is 47.8 Å². The first-order valence-corrected chi connectivity index (χ1v) is 11.0. The van der Waals surface area contributed by atoms with Crippen LogP contribution in [0.2, 0.25) is 0 Å². The summed E-state index contributed by atoms with van der Waals surface area (Å²) in [5.41, 5.74) is 8.46. The van der Waals surface area contributed by atoms with Crippen molar-refractivity contribution in [2.75, 3.05) is 31.6 Å². The van der Waals surface area contributed by atoms with Gasteiger partial charge in [0.15, 0.2) is 0 Å². The molecule has 2 amide bonds. The minimum atomic E-state index is -1.01. The summed E-state index contributed by atoms with van der Waals surface area (Å²) in [4.78, 5) is 27.8. The Hall–Kier alpha value is -2.23. The first-order chi connectivity index (χ1) is 13.9. The Morgan fingerprint density at radius 1 is 1.30 bits per heavy atom. The molecule has 30 heavy (non-hydrogen) atoms. The van der Waals surface area contributed by atoms with Crippen LogP contribution in [-0.4, -0.2) is 74.4 Å². The highest BCUT2D eigenvalue weighted by Gasteiger charge is 2.36. The Morgan fingerprint density at radius 3 is 2.63 bits per heavy atom. The Bertz CT molecular complexity index is 863. The van der Waals surface area contributed by atoms with E-state index in [0.717, 1.165) is 22.8 Å². The lowest BCUT2D eigenvalue weighted by Gasteiger charge is -2.40. The second-order valence-corrected chi connectivity index (χ2v) is 8.11. The highest BCUT2D eigenvalue weighted by Crippen LogP contribution is 2.28. The van der Waals surface area contributed by atoms with E-state index < -0.39 is 18.2 Å². The number of carboxylic acid groups (broad SMARTS) is 1. The third-order valence-electron chi connectivity index (χ3n) is 5.09. The summed E-state index contributed by atoms with van der Waals surface area (Å²) >= 11 is 1.65. The van der Waals surface area contributed by atoms with E-state index in [1.807, 2.05) is 49.6 Å². The van der Waals surface area contributed by atoms with Crippen molar-refractivity contribution < 1.29 is 14.7 Å². The van der Waals surface area contributed by atoms with Gasteiger partial charge in [-0.3, -0.25) is 9.69 Å². The third kappa shape index (κ3) is 5.27. The van der Waals surface area contributed by atoms with Gasteiger partial charge >= 0.3 is 6.09 Å². The van der Waals surface area contributed by atoms with E-state index in [9.17, 15) is 14.7 Å². The fourth-order valence-corrected chi connectivity index (χ4v) is 4.09. The average molecular weight is 454 g/mol. The lowest BCUT2D eigenvalue weighted by atomic mass is 10.1. The zero-order chi connectivity index (χ0) is 21.0. The van der Waals surface area contributed by atoms with Crippen molar-refractivity contribution in [2.24, 2.45) is 5.73 Å². The van der Waals surface area contributed by atoms with Crippen LogP contribution in [0.4, 0.5) is 4.79 Å². The molecule has 1 aromatic carbocycles. The summed E-state index contributed by atoms with van der Waals surface area (Å²) in [6, 6.07) is 10.4. The van der Waals surface area contributed by atoms with Crippen LogP contribution in [0.15, 0.2) is 36.4 Å². The van der Waals surface area contributed by atoms with Crippen molar-refractivity contribution >= 4 is 36.2 Å². The van der Waals surface area contributed by atoms with Crippen LogP contribution < -0.4 is 5.73 Å². The first-order valence-electron chi connectivity index (χ1n) is 9.57. The van der Waals surface area contributed by atoms with Gasteiger partial charge in [0.25, 0.3) is 0 Å². The number of halogens is 1. The number of para-hydroxylation sites is 1. The quantitative estimate of drug-likeness (QED) is 0.696. The maximum Gasteiger partial charge on any atom is 0.407 e. The Morgan fingerprint density at radius 2 is 2.00 bits per heavy atom. The number of thioether (sulfide) groups is 1. The standard InChI is InChI=1S/C20H27N5O3S.ClH/c1-14-12-17(25(22-14)15-6-4-3-5-7-15)18-13-23(9-10-24(18)20(27)28)19(26)16(21)8-11-29-2;/h3-7,12,16,18H,8-11,13,21H2,1-2H3,(H,27,28);1H/t16?,18-;/m0./s1. The molecule has 2 aromatic rings. The monoisotopic (exact) mass is 453 g/mol. The van der Waals surface area contributed by atoms with E-state index in [1.165, 1.54) is 4.90 Å². The lowest BCUT2D eigenvalue weighted by molar-refractivity contribution is -0.135. The third-order valence-corrected chi connectivity index (χ3v) is 5.73. The van der Waals surface area contributed by atoms with Crippen LogP contribution in [0, 0.1) is 6.92 Å². The van der Waals surface area contributed by atoms with Crippen LogP contribution in [0.25, 0.3) is 5.69 Å². The lowest BCUT2D eigenvalue weighted by Crippen LogP contribution is -2.55. The number of hydrogen-bond donors (Lipinski definition) is 2. The minimum Gasteiger partial charge on any atom is -0.465 e. The van der Waals surface area contributed by atoms with E-state index in [1.54, 1.807) is 21.3 Å². The van der Waals surface area contributed by atoms with Crippen LogP contribution in [-0.2, 0) is 4.79 Å². The van der Waals surface area contributed by atoms with Crippen molar-refractivity contribution in [2.45, 2.75) is 25.4 Å². The molecule has 1 aromatic heterocycles. The molecule has 10 heteroatoms. The molecule has 1 aliphatic rings. The van der Waals surface area contributed by atoms with Gasteiger partial charge in [-0.1, -0.05) is 18.2 Å². The van der Waals surface area contributed by atoms with Crippen LogP contribution >= 0.6 is 24.2 Å². The summed E-state index contributed by atoms with van der Waals surface area (Å²) in [6.07, 6.45) is 1.57. The predicted octanol–water partition coefficient (Wildman–Crippen LogP) is 2.55. The van der Waals surface area contributed by atoms with Crippen molar-refractivity contribution in [1.29, 1.82) is 0 Å². The van der Waals surface area contributed by atoms with Gasteiger partial charge in [-0.25, -0.2) is 9.48 Å². The summed E-state index contributed by atoms with van der Waals surface area (Å²) in [6.45, 7) is 2.71. The fraction of sp³-hybridized carbons (Fsp3) is 0.450. The number of nitrogens with zero attached hydrogens (tertiary/aromatic N) is 4. The zero-order valence-corrected chi connectivity index (χ0v) is 18.7. The molecule has 0 bridgehead atoms. The zero-order valence-electron chi connectivity index (χ0n) is 17.1. The molecule has 1 aliphatic heterocycles. The highest BCUT2D eigenvalue weighted by molar-refractivity contribution is 7.98. The normalized spacial score (nSPS) is 17.4. The second-order valence-electron chi connectivity index (χ2n) is 7.12. The summed E-state index contributed by atoms with van der Waals surface area (Å²) in [5.74, 6) is 0.683. The molecule has 0 spiro atoms. The van der Waals surface area contributed by atoms with Crippen LogP contribution in [0.1, 0.15) is 23.9 Å². The number of aromatic nitrogens is 2. The van der Waals surface area contributed by atoms with Gasteiger partial charge in [0.05, 0.1) is 29.2 Å². The van der Waals surface area contributed by atoms with Gasteiger partial charge in [0, 0.05) is 19.6 Å². The largest absolute Gasteiger partial charge is 0.465 e. The molecule has 3 rings (SSSR count). The topological polar surface area (TPSA) is 105 Å². The second kappa shape index (κ2) is 10.7. The molecule has 1 fully saturated rings. The first kappa shape index (κ1) is 24.0. The van der Waals surface area contributed by atoms with E-state index in [0.29, 0.717) is 13.0 Å². The smallest absolute Gasteiger partial charge is 0.407 e. The summed E-state index contributed by atoms with van der Waals surface area (Å²) in [5, 5.41) is 14.3. The Labute approximate surface area is 186 Å². The average Bonchev–Trinajstić information content (AvgIpc) is 3.13. The summed E-state index contributed by atoms with van der Waals surface area (Å²) < 4.78 is 1.76. The van der Waals surface area contributed by atoms with Gasteiger partial charge in [-0.15, -0.1) is 12.4 Å². The Kier molecular flexibility index (Phi) is 8.57. The van der Waals surface area contributed by atoms with Crippen molar-refractivity contribution in [1.82, 2.24) is 19.6 Å². The van der Waals surface area contributed by atoms with E-state index in [4.69, 9.17) is 5.73 Å². The van der Waals surface area contributed by atoms with Gasteiger partial charge < -0.3 is 15.7 Å². The molecule has 1 unspecified atom stereocenters. The van der Waals surface area contributed by atoms with Gasteiger partial charge in [-0.05, 0) is 43.6 Å². The molecule has 2 heterocycles. The van der Waals surface area contributed by atoms with Crippen molar-refractivity contribution in [3.8, 4) is 5.69 Å². The van der Waals surface area contributed by atoms with Crippen LogP contribution in [0.5, 0.6) is 0 Å². The van der Waals surface area contributed by atoms with E-state index >= 15 is 0 Å². The van der Waals surface area contributed by atoms with Gasteiger partial charge in [-0.2, -0.15) is 16.9 Å². The number of piperazine rings is 1. The minimum absolute atomic E-state index is 0. The molecule has 0 saturated carbocycles. The highest BCUT2D eigenvalue weighted by atomic mass is 35.5. The molecule has 0 aliphatic carbocycles. The number of benzene rings is 1. The number of hydrogen-bond acceptors (Lipinski definition) is 5. The van der Waals surface area contributed by atoms with Crippen LogP contribution in [0.3, 0.4) is 0 Å². The molecule has 1 saturated heterocycles. The van der Waals surface area contributed by atoms with Crippen molar-refractivity contribution in [3.63, 3.8) is 0 Å². The maximum atomic E-state index is 12.8. The number of amides is 2. The SMILES string of the molecule is CSCCC(N)C(=O)N1CCN(C(=O)O)[C@H](c2cc(C)nn2-c2ccccc2)C1.Cl. The van der Waals surface area contributed by atoms with Gasteiger partial charge in [0.1, 0.15) is 0 Å². The number of carbonyl (C=O) groups excluding carboxylic acids is 1. The number of aryl methyl sites for hydroxylation is 1. The fourth-order valence-electron chi connectivity index (χ4n) is 3.60. The molecule has 3 N–H and O–H groups in total. The molecular formula is C20H28ClN5O3S. The number of nitrogens with two attached hydrogens (primary N) is 1. The molecular weight excluding hydrogens is 426 g/mol. The molecule has 164 valence electrons. The maximum absolute atomic E-state index is 12.8. The number of rotatable bonds is 6. The Balaban J connectivity index is 0.00000320. The summed E-state index contributed by atoms with van der Waals surface area (Å²) in [7, 11) is 0. The molecule has 0 radical (unpaired) electrons. The van der Waals surface area contributed by atoms with E-state index in [-0.39, 0.29) is 31.4 Å². The predicted molar refractivity (Wildman–Crippen MR) is 121 cm³/mol. The molecule has 8 nitrogen and oxygen atoms in total. The molecule has 2 atom stereocenters. The van der Waals surface area contributed by atoms with E-state index in [2.05, 4.69) is 5.10 Å².